The van der Waals surface area contributed by atoms with E-state index in [-0.39, 0.29) is 24.9 Å². The maximum atomic E-state index is 13.2. The van der Waals surface area contributed by atoms with E-state index in [4.69, 9.17) is 4.74 Å². The van der Waals surface area contributed by atoms with Gasteiger partial charge in [0.15, 0.2) is 0 Å². The Bertz CT molecular complexity index is 919. The average molecular weight is 818 g/mol. The Hall–Kier alpha value is -1.66. The van der Waals surface area contributed by atoms with E-state index in [1.54, 1.807) is 0 Å². The predicted octanol–water partition coefficient (Wildman–Crippen LogP) is 15.1. The van der Waals surface area contributed by atoms with Crippen LogP contribution in [0.3, 0.4) is 0 Å². The molecule has 0 aromatic carbocycles. The Morgan fingerprint density at radius 3 is 1.28 bits per heavy atom. The summed E-state index contributed by atoms with van der Waals surface area (Å²) in [6, 6.07) is -0.701. The number of esters is 1. The Balaban J connectivity index is 4.56. The fourth-order valence-corrected chi connectivity index (χ4v) is 7.83. The van der Waals surface area contributed by atoms with Crippen LogP contribution in [0.4, 0.5) is 0 Å². The number of allylic oxidation sites excluding steroid dienone is 4. The zero-order valence-electron chi connectivity index (χ0n) is 38.9. The van der Waals surface area contributed by atoms with Gasteiger partial charge < -0.3 is 20.3 Å². The number of hydrogen-bond acceptors (Lipinski definition) is 5. The molecule has 0 radical (unpaired) electrons. The minimum atomic E-state index is -0.787. The van der Waals surface area contributed by atoms with Crippen LogP contribution in [0.1, 0.15) is 271 Å². The molecular weight excluding hydrogens is 719 g/mol. The van der Waals surface area contributed by atoms with Crippen LogP contribution in [0.25, 0.3) is 0 Å². The molecule has 0 bridgehead atoms. The molecule has 3 atom stereocenters. The Kier molecular flexibility index (Phi) is 45.1. The molecule has 1 amide bonds. The third kappa shape index (κ3) is 41.1. The third-order valence-electron chi connectivity index (χ3n) is 11.8. The van der Waals surface area contributed by atoms with Gasteiger partial charge in [-0.3, -0.25) is 9.59 Å². The summed E-state index contributed by atoms with van der Waals surface area (Å²) < 4.78 is 5.92. The van der Waals surface area contributed by atoms with Crippen LogP contribution < -0.4 is 5.32 Å². The number of rotatable bonds is 46. The molecular formula is C52H99NO5. The van der Waals surface area contributed by atoms with E-state index in [0.717, 1.165) is 64.2 Å². The van der Waals surface area contributed by atoms with Gasteiger partial charge in [0.05, 0.1) is 25.2 Å². The Morgan fingerprint density at radius 2 is 0.828 bits per heavy atom. The van der Waals surface area contributed by atoms with Gasteiger partial charge in [0, 0.05) is 6.42 Å². The van der Waals surface area contributed by atoms with Gasteiger partial charge in [-0.1, -0.05) is 206 Å². The lowest BCUT2D eigenvalue weighted by Crippen LogP contribution is -2.46. The normalized spacial score (nSPS) is 13.4. The molecule has 0 aliphatic heterocycles. The van der Waals surface area contributed by atoms with E-state index in [1.807, 2.05) is 0 Å². The average Bonchev–Trinajstić information content (AvgIpc) is 3.22. The van der Waals surface area contributed by atoms with E-state index in [9.17, 15) is 19.8 Å². The monoisotopic (exact) mass is 818 g/mol. The third-order valence-corrected chi connectivity index (χ3v) is 11.8. The highest BCUT2D eigenvalue weighted by Crippen LogP contribution is 2.18. The van der Waals surface area contributed by atoms with Crippen LogP contribution in [-0.2, 0) is 14.3 Å². The Labute approximate surface area is 361 Å². The molecule has 0 aromatic rings. The number of carbonyl (C=O) groups is 2. The van der Waals surface area contributed by atoms with Gasteiger partial charge in [-0.15, -0.1) is 0 Å². The lowest BCUT2D eigenvalue weighted by Gasteiger charge is -2.24. The number of aliphatic hydroxyl groups is 2. The largest absolute Gasteiger partial charge is 0.462 e. The van der Waals surface area contributed by atoms with E-state index in [0.29, 0.717) is 19.3 Å². The minimum absolute atomic E-state index is 0.0723. The first-order chi connectivity index (χ1) is 28.5. The van der Waals surface area contributed by atoms with Gasteiger partial charge in [-0.2, -0.15) is 0 Å². The van der Waals surface area contributed by atoms with Crippen molar-refractivity contribution in [2.75, 3.05) is 6.61 Å². The SMILES string of the molecule is CCCCC/C=C\CCCCCCCC(=O)OC(CCCCCCC/C=C\CCCCCC)CC(=O)NC(CO)C(O)CCCCCCCCCCCCCCCC. The molecule has 58 heavy (non-hydrogen) atoms. The van der Waals surface area contributed by atoms with Crippen molar-refractivity contribution in [3.8, 4) is 0 Å². The zero-order chi connectivity index (χ0) is 42.4. The lowest BCUT2D eigenvalue weighted by molar-refractivity contribution is -0.151. The van der Waals surface area contributed by atoms with Gasteiger partial charge in [-0.25, -0.2) is 0 Å². The van der Waals surface area contributed by atoms with E-state index >= 15 is 0 Å². The molecule has 3 unspecified atom stereocenters. The van der Waals surface area contributed by atoms with Crippen LogP contribution in [-0.4, -0.2) is 46.9 Å². The molecule has 0 aliphatic carbocycles. The summed E-state index contributed by atoms with van der Waals surface area (Å²) in [6.45, 7) is 6.45. The molecule has 0 aromatic heterocycles. The van der Waals surface area contributed by atoms with E-state index < -0.39 is 18.2 Å². The highest BCUT2D eigenvalue weighted by atomic mass is 16.5. The molecule has 342 valence electrons. The molecule has 0 spiro atoms. The molecule has 6 heteroatoms. The van der Waals surface area contributed by atoms with Crippen LogP contribution in [0, 0.1) is 0 Å². The van der Waals surface area contributed by atoms with E-state index in [1.165, 1.54) is 161 Å². The summed E-state index contributed by atoms with van der Waals surface area (Å²) in [6.07, 6.45) is 52.3. The smallest absolute Gasteiger partial charge is 0.306 e. The van der Waals surface area contributed by atoms with Crippen LogP contribution in [0.5, 0.6) is 0 Å². The van der Waals surface area contributed by atoms with Crippen molar-refractivity contribution in [2.24, 2.45) is 0 Å². The number of aliphatic hydroxyl groups excluding tert-OH is 2. The number of unbranched alkanes of at least 4 members (excludes halogenated alkanes) is 30. The van der Waals surface area contributed by atoms with Gasteiger partial charge >= 0.3 is 5.97 Å². The summed E-state index contributed by atoms with van der Waals surface area (Å²) >= 11 is 0. The molecule has 0 aliphatic rings. The zero-order valence-corrected chi connectivity index (χ0v) is 38.9. The summed E-state index contributed by atoms with van der Waals surface area (Å²) in [4.78, 5) is 26.1. The van der Waals surface area contributed by atoms with E-state index in [2.05, 4.69) is 50.4 Å². The van der Waals surface area contributed by atoms with Gasteiger partial charge in [0.25, 0.3) is 0 Å². The van der Waals surface area contributed by atoms with Crippen molar-refractivity contribution in [2.45, 2.75) is 289 Å². The maximum Gasteiger partial charge on any atom is 0.306 e. The summed E-state index contributed by atoms with van der Waals surface area (Å²) in [5.74, 6) is -0.483. The first-order valence-electron chi connectivity index (χ1n) is 25.6. The van der Waals surface area contributed by atoms with Crippen molar-refractivity contribution < 1.29 is 24.5 Å². The summed E-state index contributed by atoms with van der Waals surface area (Å²) in [5.41, 5.74) is 0. The Morgan fingerprint density at radius 1 is 0.483 bits per heavy atom. The number of hydrogen-bond donors (Lipinski definition) is 3. The highest BCUT2D eigenvalue weighted by molar-refractivity contribution is 5.77. The van der Waals surface area contributed by atoms with Gasteiger partial charge in [0.1, 0.15) is 6.10 Å². The van der Waals surface area contributed by atoms with Gasteiger partial charge in [0.2, 0.25) is 5.91 Å². The van der Waals surface area contributed by atoms with Crippen molar-refractivity contribution >= 4 is 11.9 Å². The van der Waals surface area contributed by atoms with Crippen molar-refractivity contribution in [1.29, 1.82) is 0 Å². The highest BCUT2D eigenvalue weighted by Gasteiger charge is 2.24. The second-order valence-electron chi connectivity index (χ2n) is 17.6. The van der Waals surface area contributed by atoms with Crippen LogP contribution >= 0.6 is 0 Å². The first-order valence-corrected chi connectivity index (χ1v) is 25.6. The standard InChI is InChI=1S/C52H99NO5/c1-4-7-10-13-16-19-22-25-27-29-32-35-38-41-44-50(55)49(47-54)53-51(56)46-48(43-40-37-34-31-28-26-23-20-17-14-11-8-5-2)58-52(57)45-42-39-36-33-30-24-21-18-15-12-9-6-3/h18,20-21,23,48-50,54-55H,4-17,19,22,24-47H2,1-3H3,(H,53,56)/b21-18-,23-20-. The summed E-state index contributed by atoms with van der Waals surface area (Å²) in [5, 5.41) is 23.8. The second kappa shape index (κ2) is 46.4. The van der Waals surface area contributed by atoms with Crippen LogP contribution in [0.15, 0.2) is 24.3 Å². The van der Waals surface area contributed by atoms with Gasteiger partial charge in [-0.05, 0) is 77.0 Å². The number of ether oxygens (including phenoxy) is 1. The van der Waals surface area contributed by atoms with Crippen LogP contribution in [0.2, 0.25) is 0 Å². The minimum Gasteiger partial charge on any atom is -0.462 e. The fraction of sp³-hybridized carbons (Fsp3) is 0.885. The molecule has 0 heterocycles. The molecule has 0 saturated heterocycles. The van der Waals surface area contributed by atoms with Crippen molar-refractivity contribution in [3.63, 3.8) is 0 Å². The number of amides is 1. The topological polar surface area (TPSA) is 95.9 Å². The number of carbonyl (C=O) groups excluding carboxylic acids is 2. The van der Waals surface area contributed by atoms with Crippen molar-refractivity contribution in [1.82, 2.24) is 5.32 Å². The molecule has 0 fully saturated rings. The molecule has 3 N–H and O–H groups in total. The number of nitrogens with one attached hydrogen (secondary N) is 1. The molecule has 0 saturated carbocycles. The second-order valence-corrected chi connectivity index (χ2v) is 17.6. The fourth-order valence-electron chi connectivity index (χ4n) is 7.83. The maximum absolute atomic E-state index is 13.2. The predicted molar refractivity (Wildman–Crippen MR) is 250 cm³/mol. The summed E-state index contributed by atoms with van der Waals surface area (Å²) in [7, 11) is 0. The molecule has 6 nitrogen and oxygen atoms in total. The van der Waals surface area contributed by atoms with Crippen molar-refractivity contribution in [3.05, 3.63) is 24.3 Å². The first kappa shape index (κ1) is 56.3. The quantitative estimate of drug-likeness (QED) is 0.0323. The molecule has 0 rings (SSSR count). The lowest BCUT2D eigenvalue weighted by atomic mass is 10.0.